The molecule has 1 aromatic rings. The van der Waals surface area contributed by atoms with E-state index in [4.69, 9.17) is 21.1 Å². The van der Waals surface area contributed by atoms with Gasteiger partial charge in [-0.15, -0.1) is 0 Å². The third kappa shape index (κ3) is 2.93. The first kappa shape index (κ1) is 13.5. The summed E-state index contributed by atoms with van der Waals surface area (Å²) in [6.07, 6.45) is 1.24. The Balaban J connectivity index is 2.35. The van der Waals surface area contributed by atoms with Crippen molar-refractivity contribution in [1.29, 1.82) is 0 Å². The number of carbonyl (C=O) groups excluding carboxylic acids is 2. The third-order valence-corrected chi connectivity index (χ3v) is 2.66. The Hall–Kier alpha value is -1.88. The predicted molar refractivity (Wildman–Crippen MR) is 65.7 cm³/mol. The normalized spacial score (nSPS) is 17.8. The van der Waals surface area contributed by atoms with Gasteiger partial charge in [0.25, 0.3) is 5.79 Å². The van der Waals surface area contributed by atoms with E-state index in [1.165, 1.54) is 32.1 Å². The van der Waals surface area contributed by atoms with Crippen LogP contribution in [0.2, 0.25) is 5.02 Å². The minimum Gasteiger partial charge on any atom is -0.419 e. The highest BCUT2D eigenvalue weighted by Gasteiger charge is 2.38. The lowest BCUT2D eigenvalue weighted by atomic mass is 10.1. The van der Waals surface area contributed by atoms with Crippen LogP contribution in [0.4, 0.5) is 4.39 Å². The van der Waals surface area contributed by atoms with Gasteiger partial charge in [-0.2, -0.15) is 0 Å². The van der Waals surface area contributed by atoms with Gasteiger partial charge in [-0.3, -0.25) is 0 Å². The Labute approximate surface area is 113 Å². The van der Waals surface area contributed by atoms with E-state index in [9.17, 15) is 14.0 Å². The Morgan fingerprint density at radius 1 is 1.21 bits per heavy atom. The molecular weight excluding hydrogens is 275 g/mol. The number of esters is 2. The quantitative estimate of drug-likeness (QED) is 0.452. The van der Waals surface area contributed by atoms with Crippen LogP contribution in [0, 0.1) is 5.82 Å². The van der Waals surface area contributed by atoms with Crippen LogP contribution in [0.15, 0.2) is 23.8 Å². The molecule has 0 atom stereocenters. The van der Waals surface area contributed by atoms with E-state index in [-0.39, 0.29) is 10.6 Å². The first-order valence-electron chi connectivity index (χ1n) is 5.42. The topological polar surface area (TPSA) is 52.6 Å². The monoisotopic (exact) mass is 284 g/mol. The SMILES string of the molecule is CC1(C)OC(=O)C(=Cc2ccc(F)c(Cl)c2)C(=O)O1. The van der Waals surface area contributed by atoms with Crippen LogP contribution < -0.4 is 0 Å². The van der Waals surface area contributed by atoms with Gasteiger partial charge in [0.2, 0.25) is 0 Å². The van der Waals surface area contributed by atoms with E-state index in [0.717, 1.165) is 6.07 Å². The first-order chi connectivity index (χ1) is 8.78. The molecular formula is C13H10ClFO4. The van der Waals surface area contributed by atoms with E-state index in [1.54, 1.807) is 0 Å². The van der Waals surface area contributed by atoms with E-state index in [2.05, 4.69) is 0 Å². The molecule has 6 heteroatoms. The van der Waals surface area contributed by atoms with Crippen molar-refractivity contribution < 1.29 is 23.5 Å². The number of carbonyl (C=O) groups is 2. The molecule has 0 bridgehead atoms. The molecule has 4 nitrogen and oxygen atoms in total. The lowest BCUT2D eigenvalue weighted by molar-refractivity contribution is -0.222. The molecule has 0 spiro atoms. The molecule has 1 aromatic carbocycles. The first-order valence-corrected chi connectivity index (χ1v) is 5.80. The summed E-state index contributed by atoms with van der Waals surface area (Å²) in [7, 11) is 0. The van der Waals surface area contributed by atoms with Crippen molar-refractivity contribution in [3.63, 3.8) is 0 Å². The molecule has 1 heterocycles. The van der Waals surface area contributed by atoms with Crippen molar-refractivity contribution in [3.05, 3.63) is 40.2 Å². The average Bonchev–Trinajstić information content (AvgIpc) is 2.27. The van der Waals surface area contributed by atoms with Gasteiger partial charge in [0, 0.05) is 13.8 Å². The summed E-state index contributed by atoms with van der Waals surface area (Å²) in [4.78, 5) is 23.4. The van der Waals surface area contributed by atoms with Gasteiger partial charge >= 0.3 is 11.9 Å². The highest BCUT2D eigenvalue weighted by Crippen LogP contribution is 2.25. The fourth-order valence-corrected chi connectivity index (χ4v) is 1.74. The van der Waals surface area contributed by atoms with Crippen molar-refractivity contribution in [3.8, 4) is 0 Å². The summed E-state index contributed by atoms with van der Waals surface area (Å²) in [6.45, 7) is 2.91. The zero-order valence-corrected chi connectivity index (χ0v) is 11.0. The van der Waals surface area contributed by atoms with Gasteiger partial charge in [-0.1, -0.05) is 17.7 Å². The predicted octanol–water partition coefficient (Wildman–Crippen LogP) is 2.70. The summed E-state index contributed by atoms with van der Waals surface area (Å²) < 4.78 is 22.8. The molecule has 1 saturated heterocycles. The van der Waals surface area contributed by atoms with E-state index in [1.807, 2.05) is 0 Å². The third-order valence-electron chi connectivity index (χ3n) is 2.37. The number of hydrogen-bond donors (Lipinski definition) is 0. The number of ether oxygens (including phenoxy) is 2. The summed E-state index contributed by atoms with van der Waals surface area (Å²) in [6, 6.07) is 3.82. The van der Waals surface area contributed by atoms with Crippen molar-refractivity contribution in [2.45, 2.75) is 19.6 Å². The minimum absolute atomic E-state index is 0.104. The molecule has 0 N–H and O–H groups in total. The Kier molecular flexibility index (Phi) is 3.32. The molecule has 100 valence electrons. The lowest BCUT2D eigenvalue weighted by Gasteiger charge is -2.29. The Bertz CT molecular complexity index is 570. The molecule has 1 aliphatic heterocycles. The zero-order valence-electron chi connectivity index (χ0n) is 10.2. The van der Waals surface area contributed by atoms with Gasteiger partial charge in [-0.05, 0) is 23.8 Å². The van der Waals surface area contributed by atoms with Gasteiger partial charge < -0.3 is 9.47 Å². The standard InChI is InChI=1S/C13H10ClFO4/c1-13(2)18-11(16)8(12(17)19-13)5-7-3-4-10(15)9(14)6-7/h3-6H,1-2H3. The molecule has 2 rings (SSSR count). The van der Waals surface area contributed by atoms with Crippen LogP contribution in [0.1, 0.15) is 19.4 Å². The van der Waals surface area contributed by atoms with Gasteiger partial charge in [0.15, 0.2) is 0 Å². The summed E-state index contributed by atoms with van der Waals surface area (Å²) in [5.74, 6) is -3.45. The molecule has 0 radical (unpaired) electrons. The zero-order chi connectivity index (χ0) is 14.2. The molecule has 19 heavy (non-hydrogen) atoms. The lowest BCUT2D eigenvalue weighted by Crippen LogP contribution is -2.41. The van der Waals surface area contributed by atoms with Crippen LogP contribution in [-0.4, -0.2) is 17.7 Å². The van der Waals surface area contributed by atoms with Gasteiger partial charge in [0.1, 0.15) is 11.4 Å². The Morgan fingerprint density at radius 3 is 2.32 bits per heavy atom. The van der Waals surface area contributed by atoms with Crippen molar-refractivity contribution >= 4 is 29.6 Å². The van der Waals surface area contributed by atoms with Crippen molar-refractivity contribution in [2.75, 3.05) is 0 Å². The summed E-state index contributed by atoms with van der Waals surface area (Å²) in [5, 5.41) is -0.104. The minimum atomic E-state index is -1.29. The van der Waals surface area contributed by atoms with E-state index >= 15 is 0 Å². The van der Waals surface area contributed by atoms with Crippen LogP contribution in [0.25, 0.3) is 6.08 Å². The summed E-state index contributed by atoms with van der Waals surface area (Å²) >= 11 is 5.61. The molecule has 0 unspecified atom stereocenters. The van der Waals surface area contributed by atoms with Crippen LogP contribution in [-0.2, 0) is 19.1 Å². The molecule has 0 saturated carbocycles. The number of hydrogen-bond acceptors (Lipinski definition) is 4. The largest absolute Gasteiger partial charge is 0.419 e. The molecule has 0 aliphatic carbocycles. The number of halogens is 2. The Morgan fingerprint density at radius 2 is 1.79 bits per heavy atom. The van der Waals surface area contributed by atoms with Crippen molar-refractivity contribution in [2.24, 2.45) is 0 Å². The number of cyclic esters (lactones) is 2. The highest BCUT2D eigenvalue weighted by atomic mass is 35.5. The maximum atomic E-state index is 13.0. The highest BCUT2D eigenvalue weighted by molar-refractivity contribution is 6.31. The number of benzene rings is 1. The molecule has 0 amide bonds. The van der Waals surface area contributed by atoms with Crippen LogP contribution in [0.5, 0.6) is 0 Å². The van der Waals surface area contributed by atoms with Gasteiger partial charge in [-0.25, -0.2) is 14.0 Å². The molecule has 0 aromatic heterocycles. The second-order valence-electron chi connectivity index (χ2n) is 4.41. The van der Waals surface area contributed by atoms with E-state index in [0.29, 0.717) is 5.56 Å². The van der Waals surface area contributed by atoms with Crippen LogP contribution in [0.3, 0.4) is 0 Å². The molecule has 1 fully saturated rings. The van der Waals surface area contributed by atoms with Crippen LogP contribution >= 0.6 is 11.6 Å². The van der Waals surface area contributed by atoms with Gasteiger partial charge in [0.05, 0.1) is 5.02 Å². The fraction of sp³-hybridized carbons (Fsp3) is 0.231. The summed E-state index contributed by atoms with van der Waals surface area (Å²) in [5.41, 5.74) is 0.136. The number of rotatable bonds is 1. The maximum absolute atomic E-state index is 13.0. The van der Waals surface area contributed by atoms with Crippen molar-refractivity contribution in [1.82, 2.24) is 0 Å². The van der Waals surface area contributed by atoms with E-state index < -0.39 is 23.5 Å². The smallest absolute Gasteiger partial charge is 0.348 e. The fourth-order valence-electron chi connectivity index (χ4n) is 1.55. The second kappa shape index (κ2) is 4.66. The molecule has 1 aliphatic rings. The second-order valence-corrected chi connectivity index (χ2v) is 4.82. The average molecular weight is 285 g/mol. The maximum Gasteiger partial charge on any atom is 0.348 e.